The van der Waals surface area contributed by atoms with Gasteiger partial charge in [-0.15, -0.1) is 11.3 Å². The van der Waals surface area contributed by atoms with Crippen molar-refractivity contribution in [2.75, 3.05) is 5.32 Å². The van der Waals surface area contributed by atoms with Gasteiger partial charge < -0.3 is 4.74 Å². The Balaban J connectivity index is 2.04. The lowest BCUT2D eigenvalue weighted by Gasteiger charge is -2.10. The van der Waals surface area contributed by atoms with Gasteiger partial charge in [0.25, 0.3) is 5.91 Å². The van der Waals surface area contributed by atoms with E-state index in [0.29, 0.717) is 11.3 Å². The molecule has 8 heteroatoms. The highest BCUT2D eigenvalue weighted by Crippen LogP contribution is 2.26. The number of halogens is 2. The predicted molar refractivity (Wildman–Crippen MR) is 86.5 cm³/mol. The molecular formula is C16H14F2N2O3S. The summed E-state index contributed by atoms with van der Waals surface area (Å²) in [7, 11) is 0. The van der Waals surface area contributed by atoms with Crippen molar-refractivity contribution >= 4 is 28.3 Å². The summed E-state index contributed by atoms with van der Waals surface area (Å²) in [6.07, 6.45) is 1.71. The van der Waals surface area contributed by atoms with E-state index in [4.69, 9.17) is 4.74 Å². The van der Waals surface area contributed by atoms with Crippen LogP contribution >= 0.6 is 11.3 Å². The first kappa shape index (κ1) is 17.7. The minimum atomic E-state index is -0.996. The number of carbonyl (C=O) groups is 2. The Labute approximate surface area is 141 Å². The maximum atomic E-state index is 13.2. The molecule has 0 radical (unpaired) electrons. The highest BCUT2D eigenvalue weighted by atomic mass is 32.1. The van der Waals surface area contributed by atoms with Gasteiger partial charge in [0.15, 0.2) is 22.9 Å². The summed E-state index contributed by atoms with van der Waals surface area (Å²) in [5, 5.41) is 4.36. The lowest BCUT2D eigenvalue weighted by Crippen LogP contribution is -2.29. The van der Waals surface area contributed by atoms with E-state index in [2.05, 4.69) is 10.3 Å². The number of nitrogens with one attached hydrogen (secondary N) is 1. The number of hydrogen-bond donors (Lipinski definition) is 1. The van der Waals surface area contributed by atoms with Crippen LogP contribution in [0.25, 0.3) is 11.3 Å². The van der Waals surface area contributed by atoms with E-state index < -0.39 is 29.6 Å². The van der Waals surface area contributed by atoms with E-state index in [1.807, 2.05) is 0 Å². The number of anilines is 1. The van der Waals surface area contributed by atoms with Crippen molar-refractivity contribution < 1.29 is 23.1 Å². The van der Waals surface area contributed by atoms with Gasteiger partial charge in [0.2, 0.25) is 0 Å². The smallest absolute Gasteiger partial charge is 0.331 e. The van der Waals surface area contributed by atoms with Crippen LogP contribution in [0.1, 0.15) is 13.8 Å². The number of aromatic nitrogens is 1. The van der Waals surface area contributed by atoms with Gasteiger partial charge in [-0.3, -0.25) is 10.1 Å². The highest BCUT2D eigenvalue weighted by molar-refractivity contribution is 7.14. The lowest BCUT2D eigenvalue weighted by molar-refractivity contribution is -0.148. The summed E-state index contributed by atoms with van der Waals surface area (Å²) < 4.78 is 31.1. The van der Waals surface area contributed by atoms with Crippen LogP contribution < -0.4 is 5.32 Å². The molecule has 2 aromatic rings. The predicted octanol–water partition coefficient (Wildman–Crippen LogP) is 3.53. The summed E-state index contributed by atoms with van der Waals surface area (Å²) >= 11 is 1.12. The molecular weight excluding hydrogens is 338 g/mol. The van der Waals surface area contributed by atoms with E-state index in [0.717, 1.165) is 23.5 Å². The minimum Gasteiger partial charge on any atom is -0.449 e. The molecule has 0 aliphatic rings. The quantitative estimate of drug-likeness (QED) is 0.660. The Morgan fingerprint density at radius 1 is 1.33 bits per heavy atom. The average molecular weight is 352 g/mol. The molecule has 0 unspecified atom stereocenters. The first-order valence-electron chi connectivity index (χ1n) is 6.96. The molecule has 1 atom stereocenters. The van der Waals surface area contributed by atoms with E-state index in [-0.39, 0.29) is 5.13 Å². The fraction of sp³-hybridized carbons (Fsp3) is 0.188. The fourth-order valence-corrected chi connectivity index (χ4v) is 2.45. The van der Waals surface area contributed by atoms with Gasteiger partial charge >= 0.3 is 5.97 Å². The molecule has 1 aromatic carbocycles. The number of amides is 1. The van der Waals surface area contributed by atoms with E-state index in [1.54, 1.807) is 12.3 Å². The summed E-state index contributed by atoms with van der Waals surface area (Å²) in [5.41, 5.74) is 0.783. The number of hydrogen-bond acceptors (Lipinski definition) is 5. The van der Waals surface area contributed by atoms with E-state index in [9.17, 15) is 18.4 Å². The van der Waals surface area contributed by atoms with Crippen LogP contribution in [-0.2, 0) is 14.3 Å². The summed E-state index contributed by atoms with van der Waals surface area (Å²) in [5.74, 6) is -3.09. The van der Waals surface area contributed by atoms with Gasteiger partial charge in [0.1, 0.15) is 0 Å². The SMILES string of the molecule is C/C=C/C(=O)O[C@H](C)C(=O)Nc1nc(-c2ccc(F)c(F)c2)cs1. The van der Waals surface area contributed by atoms with Crippen LogP contribution in [-0.4, -0.2) is 23.0 Å². The molecule has 0 saturated heterocycles. The topological polar surface area (TPSA) is 68.3 Å². The molecule has 1 aromatic heterocycles. The van der Waals surface area contributed by atoms with Crippen LogP contribution in [0.3, 0.4) is 0 Å². The zero-order valence-corrected chi connectivity index (χ0v) is 13.7. The second kappa shape index (κ2) is 7.78. The highest BCUT2D eigenvalue weighted by Gasteiger charge is 2.18. The Bertz CT molecular complexity index is 789. The van der Waals surface area contributed by atoms with Crippen molar-refractivity contribution in [2.45, 2.75) is 20.0 Å². The number of allylic oxidation sites excluding steroid dienone is 1. The number of carbonyl (C=O) groups excluding carboxylic acids is 2. The maximum Gasteiger partial charge on any atom is 0.331 e. The van der Waals surface area contributed by atoms with Crippen LogP contribution in [0.2, 0.25) is 0 Å². The van der Waals surface area contributed by atoms with Gasteiger partial charge in [-0.1, -0.05) is 6.08 Å². The molecule has 0 fully saturated rings. The Morgan fingerprint density at radius 2 is 2.08 bits per heavy atom. The van der Waals surface area contributed by atoms with Gasteiger partial charge in [0, 0.05) is 17.0 Å². The summed E-state index contributed by atoms with van der Waals surface area (Å²) in [6, 6.07) is 3.42. The molecule has 1 N–H and O–H groups in total. The molecule has 24 heavy (non-hydrogen) atoms. The van der Waals surface area contributed by atoms with Gasteiger partial charge in [-0.25, -0.2) is 18.6 Å². The van der Waals surface area contributed by atoms with Gasteiger partial charge in [0.05, 0.1) is 5.69 Å². The molecule has 0 bridgehead atoms. The van der Waals surface area contributed by atoms with Crippen LogP contribution in [0.4, 0.5) is 13.9 Å². The first-order valence-corrected chi connectivity index (χ1v) is 7.83. The number of esters is 1. The number of benzene rings is 1. The third kappa shape index (κ3) is 4.45. The summed E-state index contributed by atoms with van der Waals surface area (Å²) in [4.78, 5) is 27.4. The van der Waals surface area contributed by atoms with E-state index in [1.165, 1.54) is 25.1 Å². The van der Waals surface area contributed by atoms with Crippen LogP contribution in [0.5, 0.6) is 0 Å². The fourth-order valence-electron chi connectivity index (χ4n) is 1.73. The Kier molecular flexibility index (Phi) is 5.75. The van der Waals surface area contributed by atoms with Crippen molar-refractivity contribution in [1.82, 2.24) is 4.98 Å². The van der Waals surface area contributed by atoms with Crippen molar-refractivity contribution in [3.8, 4) is 11.3 Å². The molecule has 0 saturated carbocycles. The normalized spacial score (nSPS) is 12.2. The minimum absolute atomic E-state index is 0.258. The van der Waals surface area contributed by atoms with E-state index >= 15 is 0 Å². The lowest BCUT2D eigenvalue weighted by atomic mass is 10.2. The second-order valence-electron chi connectivity index (χ2n) is 4.74. The largest absolute Gasteiger partial charge is 0.449 e. The molecule has 0 spiro atoms. The second-order valence-corrected chi connectivity index (χ2v) is 5.59. The summed E-state index contributed by atoms with van der Waals surface area (Å²) in [6.45, 7) is 3.09. The average Bonchev–Trinajstić information content (AvgIpc) is 2.98. The standard InChI is InChI=1S/C16H14F2N2O3S/c1-3-4-14(21)23-9(2)15(22)20-16-19-13(8-24-16)10-5-6-11(17)12(18)7-10/h3-9H,1-2H3,(H,19,20,22)/b4-3+/t9-/m1/s1. The van der Waals surface area contributed by atoms with Gasteiger partial charge in [-0.05, 0) is 32.0 Å². The van der Waals surface area contributed by atoms with Crippen LogP contribution in [0, 0.1) is 11.6 Å². The molecule has 1 heterocycles. The van der Waals surface area contributed by atoms with Crippen molar-refractivity contribution in [2.24, 2.45) is 0 Å². The van der Waals surface area contributed by atoms with Crippen molar-refractivity contribution in [3.05, 3.63) is 47.4 Å². The number of rotatable bonds is 5. The maximum absolute atomic E-state index is 13.2. The van der Waals surface area contributed by atoms with Gasteiger partial charge in [-0.2, -0.15) is 0 Å². The Hall–Kier alpha value is -2.61. The molecule has 0 aliphatic carbocycles. The first-order chi connectivity index (χ1) is 11.4. The molecule has 5 nitrogen and oxygen atoms in total. The number of nitrogens with zero attached hydrogens (tertiary/aromatic N) is 1. The number of thiazole rings is 1. The zero-order valence-electron chi connectivity index (χ0n) is 12.9. The monoisotopic (exact) mass is 352 g/mol. The molecule has 126 valence electrons. The Morgan fingerprint density at radius 3 is 2.75 bits per heavy atom. The van der Waals surface area contributed by atoms with Crippen molar-refractivity contribution in [3.63, 3.8) is 0 Å². The zero-order chi connectivity index (χ0) is 17.7. The molecule has 0 aliphatic heterocycles. The van der Waals surface area contributed by atoms with Crippen LogP contribution in [0.15, 0.2) is 35.7 Å². The van der Waals surface area contributed by atoms with Crippen molar-refractivity contribution in [1.29, 1.82) is 0 Å². The third-order valence-corrected chi connectivity index (χ3v) is 3.67. The number of ether oxygens (including phenoxy) is 1. The molecule has 1 amide bonds. The third-order valence-electron chi connectivity index (χ3n) is 2.91. The molecule has 2 rings (SSSR count).